The number of carbonyl (C=O) groups excluding carboxylic acids is 1. The van der Waals surface area contributed by atoms with Gasteiger partial charge in [0.15, 0.2) is 11.5 Å². The van der Waals surface area contributed by atoms with Gasteiger partial charge in [-0.2, -0.15) is 8.78 Å². The molecule has 2 aromatic carbocycles. The fraction of sp³-hybridized carbons (Fsp3) is 0.286. The first-order valence-electron chi connectivity index (χ1n) is 8.65. The van der Waals surface area contributed by atoms with Gasteiger partial charge < -0.3 is 19.5 Å². The van der Waals surface area contributed by atoms with Crippen LogP contribution < -0.4 is 19.5 Å². The van der Waals surface area contributed by atoms with Crippen LogP contribution in [0.4, 0.5) is 8.78 Å². The molecular formula is C21H23F2NO4. The fourth-order valence-corrected chi connectivity index (χ4v) is 2.60. The van der Waals surface area contributed by atoms with Gasteiger partial charge in [-0.3, -0.25) is 4.79 Å². The van der Waals surface area contributed by atoms with Gasteiger partial charge in [0.2, 0.25) is 5.91 Å². The molecule has 1 amide bonds. The van der Waals surface area contributed by atoms with Crippen LogP contribution in [0.1, 0.15) is 16.7 Å². The summed E-state index contributed by atoms with van der Waals surface area (Å²) in [6, 6.07) is 10.4. The van der Waals surface area contributed by atoms with Crippen molar-refractivity contribution in [1.29, 1.82) is 0 Å². The lowest BCUT2D eigenvalue weighted by Crippen LogP contribution is -2.23. The molecule has 2 rings (SSSR count). The number of hydrogen-bond donors (Lipinski definition) is 1. The van der Waals surface area contributed by atoms with Crippen molar-refractivity contribution >= 4 is 12.0 Å². The zero-order chi connectivity index (χ0) is 20.5. The molecule has 0 aromatic heterocycles. The highest BCUT2D eigenvalue weighted by molar-refractivity contribution is 5.92. The van der Waals surface area contributed by atoms with Gasteiger partial charge in [0.25, 0.3) is 0 Å². The summed E-state index contributed by atoms with van der Waals surface area (Å²) in [7, 11) is 2.96. The molecule has 1 N–H and O–H groups in total. The Kier molecular flexibility index (Phi) is 7.80. The second-order valence-electron chi connectivity index (χ2n) is 5.98. The summed E-state index contributed by atoms with van der Waals surface area (Å²) in [6.07, 6.45) is 3.65. The minimum absolute atomic E-state index is 0.0275. The van der Waals surface area contributed by atoms with Crippen molar-refractivity contribution in [3.63, 3.8) is 0 Å². The predicted molar refractivity (Wildman–Crippen MR) is 103 cm³/mol. The number of methoxy groups -OCH3 is 2. The van der Waals surface area contributed by atoms with Gasteiger partial charge in [0.05, 0.1) is 14.2 Å². The Hall–Kier alpha value is -3.09. The third kappa shape index (κ3) is 6.26. The van der Waals surface area contributed by atoms with E-state index in [-0.39, 0.29) is 17.4 Å². The van der Waals surface area contributed by atoms with Crippen LogP contribution in [0.25, 0.3) is 6.08 Å². The summed E-state index contributed by atoms with van der Waals surface area (Å²) < 4.78 is 39.4. The molecule has 0 bridgehead atoms. The Morgan fingerprint density at radius 1 is 1.07 bits per heavy atom. The second kappa shape index (κ2) is 10.3. The average Bonchev–Trinajstić information content (AvgIpc) is 2.67. The van der Waals surface area contributed by atoms with E-state index in [0.29, 0.717) is 18.7 Å². The van der Waals surface area contributed by atoms with E-state index in [0.717, 1.165) is 16.7 Å². The highest BCUT2D eigenvalue weighted by Crippen LogP contribution is 2.29. The van der Waals surface area contributed by atoms with Crippen molar-refractivity contribution in [2.24, 2.45) is 0 Å². The molecule has 2 aromatic rings. The minimum Gasteiger partial charge on any atom is -0.496 e. The number of hydrogen-bond acceptors (Lipinski definition) is 4. The summed E-state index contributed by atoms with van der Waals surface area (Å²) >= 11 is 0. The van der Waals surface area contributed by atoms with E-state index in [4.69, 9.17) is 9.47 Å². The van der Waals surface area contributed by atoms with E-state index in [9.17, 15) is 13.6 Å². The molecular weight excluding hydrogens is 368 g/mol. The van der Waals surface area contributed by atoms with E-state index < -0.39 is 6.61 Å². The third-order valence-corrected chi connectivity index (χ3v) is 3.96. The number of carbonyl (C=O) groups is 1. The summed E-state index contributed by atoms with van der Waals surface area (Å²) in [6.45, 7) is -0.576. The maximum atomic E-state index is 12.4. The molecule has 0 aliphatic heterocycles. The number of rotatable bonds is 9. The summed E-state index contributed by atoms with van der Waals surface area (Å²) in [4.78, 5) is 12.0. The Bertz CT molecular complexity index is 837. The quantitative estimate of drug-likeness (QED) is 0.657. The molecule has 0 spiro atoms. The first kappa shape index (κ1) is 21.2. The largest absolute Gasteiger partial charge is 0.496 e. The molecule has 0 radical (unpaired) electrons. The summed E-state index contributed by atoms with van der Waals surface area (Å²) in [5, 5.41) is 2.78. The SMILES string of the molecule is COc1ccc(C)cc1C=CC(=O)NCCc1ccc(OC(F)F)c(OC)c1. The minimum atomic E-state index is -2.92. The molecule has 0 unspecified atom stereocenters. The molecule has 0 heterocycles. The van der Waals surface area contributed by atoms with E-state index >= 15 is 0 Å². The number of ether oxygens (including phenoxy) is 3. The normalized spacial score (nSPS) is 10.9. The van der Waals surface area contributed by atoms with Crippen LogP contribution in [0, 0.1) is 6.92 Å². The lowest BCUT2D eigenvalue weighted by atomic mass is 10.1. The van der Waals surface area contributed by atoms with Crippen molar-refractivity contribution in [1.82, 2.24) is 5.32 Å². The van der Waals surface area contributed by atoms with Gasteiger partial charge >= 0.3 is 6.61 Å². The van der Waals surface area contributed by atoms with Crippen molar-refractivity contribution in [3.8, 4) is 17.2 Å². The summed E-state index contributed by atoms with van der Waals surface area (Å²) in [5.74, 6) is 0.636. The number of amides is 1. The van der Waals surface area contributed by atoms with Crippen LogP contribution >= 0.6 is 0 Å². The molecule has 7 heteroatoms. The van der Waals surface area contributed by atoms with Gasteiger partial charge in [0.1, 0.15) is 5.75 Å². The van der Waals surface area contributed by atoms with Crippen molar-refractivity contribution in [3.05, 3.63) is 59.2 Å². The number of benzene rings is 2. The van der Waals surface area contributed by atoms with Gasteiger partial charge in [-0.15, -0.1) is 0 Å². The van der Waals surface area contributed by atoms with Crippen LogP contribution in [0.2, 0.25) is 0 Å². The molecule has 0 saturated heterocycles. The molecule has 150 valence electrons. The molecule has 0 aliphatic carbocycles. The van der Waals surface area contributed by atoms with E-state index in [2.05, 4.69) is 10.1 Å². The van der Waals surface area contributed by atoms with Crippen LogP contribution in [-0.4, -0.2) is 33.3 Å². The third-order valence-electron chi connectivity index (χ3n) is 3.96. The second-order valence-corrected chi connectivity index (χ2v) is 5.98. The molecule has 28 heavy (non-hydrogen) atoms. The number of alkyl halides is 2. The van der Waals surface area contributed by atoms with Crippen LogP contribution in [0.5, 0.6) is 17.2 Å². The fourth-order valence-electron chi connectivity index (χ4n) is 2.60. The molecule has 0 fully saturated rings. The molecule has 5 nitrogen and oxygen atoms in total. The predicted octanol–water partition coefficient (Wildman–Crippen LogP) is 3.99. The molecule has 0 aliphatic rings. The molecule has 0 atom stereocenters. The topological polar surface area (TPSA) is 56.8 Å². The Morgan fingerprint density at radius 3 is 2.46 bits per heavy atom. The number of halogens is 2. The van der Waals surface area contributed by atoms with Crippen molar-refractivity contribution < 1.29 is 27.8 Å². The van der Waals surface area contributed by atoms with Gasteiger partial charge in [-0.1, -0.05) is 17.7 Å². The smallest absolute Gasteiger partial charge is 0.387 e. The van der Waals surface area contributed by atoms with Gasteiger partial charge in [-0.05, 0) is 49.2 Å². The summed E-state index contributed by atoms with van der Waals surface area (Å²) in [5.41, 5.74) is 2.70. The lowest BCUT2D eigenvalue weighted by Gasteiger charge is -2.11. The van der Waals surface area contributed by atoms with Crippen molar-refractivity contribution in [2.45, 2.75) is 20.0 Å². The maximum Gasteiger partial charge on any atom is 0.387 e. The number of nitrogens with one attached hydrogen (secondary N) is 1. The zero-order valence-electron chi connectivity index (χ0n) is 16.0. The van der Waals surface area contributed by atoms with E-state index in [1.165, 1.54) is 19.3 Å². The van der Waals surface area contributed by atoms with E-state index in [1.807, 2.05) is 25.1 Å². The average molecular weight is 391 g/mol. The van der Waals surface area contributed by atoms with Crippen molar-refractivity contribution in [2.75, 3.05) is 20.8 Å². The lowest BCUT2D eigenvalue weighted by molar-refractivity contribution is -0.116. The van der Waals surface area contributed by atoms with Crippen LogP contribution in [0.15, 0.2) is 42.5 Å². The standard InChI is InChI=1S/C21H23F2NO4/c1-14-4-7-17(26-2)16(12-14)6-9-20(25)24-11-10-15-5-8-18(28-21(22)23)19(13-15)27-3/h4-9,12-13,21H,10-11H2,1-3H3,(H,24,25). The first-order valence-corrected chi connectivity index (χ1v) is 8.65. The highest BCUT2D eigenvalue weighted by atomic mass is 19.3. The monoisotopic (exact) mass is 391 g/mol. The van der Waals surface area contributed by atoms with Gasteiger partial charge in [0, 0.05) is 18.2 Å². The van der Waals surface area contributed by atoms with Gasteiger partial charge in [-0.25, -0.2) is 0 Å². The number of aryl methyl sites for hydroxylation is 1. The van der Waals surface area contributed by atoms with E-state index in [1.54, 1.807) is 25.3 Å². The molecule has 0 saturated carbocycles. The van der Waals surface area contributed by atoms with Crippen LogP contribution in [-0.2, 0) is 11.2 Å². The Morgan fingerprint density at radius 2 is 1.79 bits per heavy atom. The Balaban J connectivity index is 1.91. The highest BCUT2D eigenvalue weighted by Gasteiger charge is 2.11. The van der Waals surface area contributed by atoms with Crippen LogP contribution in [0.3, 0.4) is 0 Å². The zero-order valence-corrected chi connectivity index (χ0v) is 16.0. The Labute approximate surface area is 162 Å². The first-order chi connectivity index (χ1) is 13.4. The maximum absolute atomic E-state index is 12.4.